The average Bonchev–Trinajstić information content (AvgIpc) is 2.84. The van der Waals surface area contributed by atoms with Crippen LogP contribution in [-0.4, -0.2) is 60.6 Å². The monoisotopic (exact) mass is 447 g/mol. The van der Waals surface area contributed by atoms with Gasteiger partial charge in [0.15, 0.2) is 0 Å². The van der Waals surface area contributed by atoms with Gasteiger partial charge in [0.05, 0.1) is 12.1 Å². The molecule has 0 aliphatic carbocycles. The fourth-order valence-corrected chi connectivity index (χ4v) is 3.92. The molecule has 0 unspecified atom stereocenters. The Bertz CT molecular complexity index is 1070. The molecular formula is C27H33N3O3. The van der Waals surface area contributed by atoms with Crippen molar-refractivity contribution >= 4 is 22.6 Å². The number of hydrogen-bond donors (Lipinski definition) is 3. The van der Waals surface area contributed by atoms with Crippen LogP contribution in [0.4, 0.5) is 0 Å². The summed E-state index contributed by atoms with van der Waals surface area (Å²) in [6.07, 6.45) is 0.240. The summed E-state index contributed by atoms with van der Waals surface area (Å²) in [7, 11) is 3.43. The van der Waals surface area contributed by atoms with E-state index >= 15 is 0 Å². The van der Waals surface area contributed by atoms with E-state index in [-0.39, 0.29) is 18.4 Å². The van der Waals surface area contributed by atoms with Gasteiger partial charge in [-0.2, -0.15) is 0 Å². The third kappa shape index (κ3) is 6.63. The summed E-state index contributed by atoms with van der Waals surface area (Å²) in [5, 5.41) is 17.8. The number of amides is 2. The summed E-state index contributed by atoms with van der Waals surface area (Å²) in [6.45, 7) is 1.75. The molecule has 0 aliphatic heterocycles. The van der Waals surface area contributed by atoms with E-state index in [1.165, 1.54) is 4.90 Å². The predicted octanol–water partition coefficient (Wildman–Crippen LogP) is 2.54. The number of aliphatic hydroxyl groups is 1. The van der Waals surface area contributed by atoms with E-state index in [4.69, 9.17) is 0 Å². The number of nitrogens with one attached hydrogen (secondary N) is 2. The minimum absolute atomic E-state index is 0.138. The van der Waals surface area contributed by atoms with E-state index in [9.17, 15) is 14.7 Å². The summed E-state index contributed by atoms with van der Waals surface area (Å²) < 4.78 is 0. The summed E-state index contributed by atoms with van der Waals surface area (Å²) >= 11 is 0. The van der Waals surface area contributed by atoms with E-state index in [0.29, 0.717) is 12.8 Å². The first-order valence-corrected chi connectivity index (χ1v) is 11.3. The van der Waals surface area contributed by atoms with Crippen molar-refractivity contribution in [3.05, 3.63) is 83.9 Å². The topological polar surface area (TPSA) is 81.7 Å². The Morgan fingerprint density at radius 1 is 0.909 bits per heavy atom. The van der Waals surface area contributed by atoms with Crippen molar-refractivity contribution in [2.24, 2.45) is 0 Å². The minimum Gasteiger partial charge on any atom is -0.392 e. The van der Waals surface area contributed by atoms with Crippen molar-refractivity contribution in [3.8, 4) is 0 Å². The number of likely N-dealkylation sites (N-methyl/N-ethyl adjacent to an activating group) is 2. The zero-order valence-electron chi connectivity index (χ0n) is 19.5. The van der Waals surface area contributed by atoms with Crippen LogP contribution in [0.2, 0.25) is 0 Å². The first-order valence-electron chi connectivity index (χ1n) is 11.3. The van der Waals surface area contributed by atoms with E-state index in [1.54, 1.807) is 21.0 Å². The van der Waals surface area contributed by atoms with Crippen LogP contribution < -0.4 is 10.6 Å². The Morgan fingerprint density at radius 2 is 1.58 bits per heavy atom. The van der Waals surface area contributed by atoms with E-state index in [0.717, 1.165) is 21.9 Å². The first kappa shape index (κ1) is 24.4. The first-order chi connectivity index (χ1) is 15.9. The van der Waals surface area contributed by atoms with Gasteiger partial charge in [0.25, 0.3) is 0 Å². The lowest BCUT2D eigenvalue weighted by molar-refractivity contribution is -0.140. The number of aliphatic hydroxyl groups excluding tert-OH is 1. The summed E-state index contributed by atoms with van der Waals surface area (Å²) in [6, 6.07) is 22.8. The molecule has 6 nitrogen and oxygen atoms in total. The van der Waals surface area contributed by atoms with Gasteiger partial charge < -0.3 is 20.6 Å². The lowest BCUT2D eigenvalue weighted by atomic mass is 9.99. The van der Waals surface area contributed by atoms with Crippen molar-refractivity contribution in [1.82, 2.24) is 15.5 Å². The molecule has 3 aromatic rings. The summed E-state index contributed by atoms with van der Waals surface area (Å²) in [5.41, 5.74) is 2.01. The summed E-state index contributed by atoms with van der Waals surface area (Å²) in [5.74, 6) is -0.435. The number of rotatable bonds is 10. The highest BCUT2D eigenvalue weighted by Gasteiger charge is 2.31. The second-order valence-corrected chi connectivity index (χ2v) is 8.48. The van der Waals surface area contributed by atoms with Crippen molar-refractivity contribution in [2.75, 3.05) is 20.6 Å². The molecule has 0 aliphatic rings. The quantitative estimate of drug-likeness (QED) is 0.446. The Kier molecular flexibility index (Phi) is 8.58. The van der Waals surface area contributed by atoms with Crippen LogP contribution in [0.3, 0.4) is 0 Å². The molecule has 2 amide bonds. The largest absolute Gasteiger partial charge is 0.392 e. The van der Waals surface area contributed by atoms with Crippen LogP contribution in [0.15, 0.2) is 72.8 Å². The van der Waals surface area contributed by atoms with Gasteiger partial charge >= 0.3 is 0 Å². The molecule has 0 radical (unpaired) electrons. The second-order valence-electron chi connectivity index (χ2n) is 8.48. The van der Waals surface area contributed by atoms with Gasteiger partial charge in [0, 0.05) is 20.0 Å². The van der Waals surface area contributed by atoms with Crippen molar-refractivity contribution < 1.29 is 14.7 Å². The molecular weight excluding hydrogens is 414 g/mol. The van der Waals surface area contributed by atoms with Gasteiger partial charge in [0.2, 0.25) is 11.8 Å². The number of carbonyl (C=O) groups excluding carboxylic acids is 2. The molecule has 0 heterocycles. The average molecular weight is 448 g/mol. The molecule has 6 heteroatoms. The number of benzene rings is 3. The Labute approximate surface area is 195 Å². The lowest BCUT2D eigenvalue weighted by Crippen LogP contribution is -2.54. The predicted molar refractivity (Wildman–Crippen MR) is 132 cm³/mol. The second kappa shape index (κ2) is 11.6. The highest BCUT2D eigenvalue weighted by Crippen LogP contribution is 2.18. The molecule has 3 rings (SSSR count). The van der Waals surface area contributed by atoms with Crippen LogP contribution >= 0.6 is 0 Å². The van der Waals surface area contributed by atoms with Crippen molar-refractivity contribution in [1.29, 1.82) is 0 Å². The number of carbonyl (C=O) groups is 2. The minimum atomic E-state index is -0.689. The maximum atomic E-state index is 13.5. The van der Waals surface area contributed by atoms with E-state index in [1.807, 2.05) is 48.5 Å². The van der Waals surface area contributed by atoms with E-state index < -0.39 is 18.2 Å². The third-order valence-electron chi connectivity index (χ3n) is 5.86. The highest BCUT2D eigenvalue weighted by atomic mass is 16.3. The van der Waals surface area contributed by atoms with Gasteiger partial charge in [-0.1, -0.05) is 72.8 Å². The molecule has 0 bridgehead atoms. The maximum Gasteiger partial charge on any atom is 0.243 e. The smallest absolute Gasteiger partial charge is 0.243 e. The Hall–Kier alpha value is -3.22. The Balaban J connectivity index is 1.78. The zero-order chi connectivity index (χ0) is 23.8. The highest BCUT2D eigenvalue weighted by molar-refractivity contribution is 5.90. The molecule has 3 N–H and O–H groups in total. The molecule has 33 heavy (non-hydrogen) atoms. The molecule has 174 valence electrons. The van der Waals surface area contributed by atoms with Gasteiger partial charge in [0.1, 0.15) is 6.04 Å². The maximum absolute atomic E-state index is 13.5. The SMILES string of the molecule is CN[C@H](Cc1ccc2ccccc2c1)C(=O)N(C)[C@H](Cc1ccccc1)C(=O)NC[C@H](C)O. The standard InChI is InChI=1S/C27H33N3O3/c1-19(31)18-29-26(32)25(17-20-9-5-4-6-10-20)30(3)27(33)24(28-2)16-21-13-14-22-11-7-8-12-23(22)15-21/h4-15,19,24-25,28,31H,16-18H2,1-3H3,(H,29,32)/t19-,24+,25+/m0/s1. The van der Waals surface area contributed by atoms with Crippen LogP contribution in [0.5, 0.6) is 0 Å². The zero-order valence-corrected chi connectivity index (χ0v) is 19.5. The van der Waals surface area contributed by atoms with Crippen LogP contribution in [0.25, 0.3) is 10.8 Å². The van der Waals surface area contributed by atoms with Gasteiger partial charge in [-0.15, -0.1) is 0 Å². The third-order valence-corrected chi connectivity index (χ3v) is 5.86. The van der Waals surface area contributed by atoms with Crippen molar-refractivity contribution in [3.63, 3.8) is 0 Å². The molecule has 0 fully saturated rings. The Morgan fingerprint density at radius 3 is 2.24 bits per heavy atom. The van der Waals surface area contributed by atoms with Crippen LogP contribution in [-0.2, 0) is 22.4 Å². The fraction of sp³-hybridized carbons (Fsp3) is 0.333. The normalized spacial score (nSPS) is 13.8. The van der Waals surface area contributed by atoms with Gasteiger partial charge in [-0.05, 0) is 42.3 Å². The van der Waals surface area contributed by atoms with Crippen molar-refractivity contribution in [2.45, 2.75) is 38.0 Å². The number of nitrogens with zero attached hydrogens (tertiary/aromatic N) is 1. The molecule has 3 atom stereocenters. The lowest BCUT2D eigenvalue weighted by Gasteiger charge is -2.31. The molecule has 0 spiro atoms. The number of fused-ring (bicyclic) bond motifs is 1. The summed E-state index contributed by atoms with van der Waals surface area (Å²) in [4.78, 5) is 27.9. The van der Waals surface area contributed by atoms with Gasteiger partial charge in [-0.25, -0.2) is 0 Å². The van der Waals surface area contributed by atoms with Crippen LogP contribution in [0, 0.1) is 0 Å². The fourth-order valence-electron chi connectivity index (χ4n) is 3.92. The molecule has 3 aromatic carbocycles. The molecule has 0 aromatic heterocycles. The molecule has 0 saturated carbocycles. The van der Waals surface area contributed by atoms with Crippen LogP contribution in [0.1, 0.15) is 18.1 Å². The van der Waals surface area contributed by atoms with E-state index in [2.05, 4.69) is 34.9 Å². The number of hydrogen-bond acceptors (Lipinski definition) is 4. The molecule has 0 saturated heterocycles. The van der Waals surface area contributed by atoms with Gasteiger partial charge in [-0.3, -0.25) is 9.59 Å².